The Hall–Kier alpha value is -0.790. The van der Waals surface area contributed by atoms with Crippen LogP contribution in [0.5, 0.6) is 0 Å². The van der Waals surface area contributed by atoms with E-state index in [9.17, 15) is 0 Å². The third-order valence-electron chi connectivity index (χ3n) is 3.13. The van der Waals surface area contributed by atoms with Gasteiger partial charge in [-0.1, -0.05) is 38.4 Å². The molecule has 3 heteroatoms. The maximum atomic E-state index is 6.48. The average Bonchev–Trinajstić information content (AvgIpc) is 2.27. The molecule has 0 saturated carbocycles. The van der Waals surface area contributed by atoms with E-state index in [-0.39, 0.29) is 10.8 Å². The summed E-state index contributed by atoms with van der Waals surface area (Å²) >= 11 is 12.5. The fourth-order valence-corrected chi connectivity index (χ4v) is 2.19. The molecular weight excluding hydrogens is 265 g/mol. The van der Waals surface area contributed by atoms with Crippen molar-refractivity contribution in [3.05, 3.63) is 41.0 Å². The Balaban J connectivity index is 2.40. The number of benzene rings is 1. The third-order valence-corrected chi connectivity index (χ3v) is 4.18. The number of alkyl halides is 1. The number of rotatable bonds is 2. The Morgan fingerprint density at radius 3 is 2.61 bits per heavy atom. The summed E-state index contributed by atoms with van der Waals surface area (Å²) in [6.07, 6.45) is 2.66. The molecule has 0 aliphatic rings. The van der Waals surface area contributed by atoms with Gasteiger partial charge in [-0.05, 0) is 35.6 Å². The lowest BCUT2D eigenvalue weighted by molar-refractivity contribution is 0.387. The van der Waals surface area contributed by atoms with Gasteiger partial charge in [-0.2, -0.15) is 0 Å². The van der Waals surface area contributed by atoms with E-state index in [2.05, 4.69) is 25.8 Å². The molecule has 1 atom stereocenters. The minimum absolute atomic E-state index is 0.0869. The van der Waals surface area contributed by atoms with Gasteiger partial charge in [0.05, 0.1) is 5.52 Å². The first-order chi connectivity index (χ1) is 8.38. The summed E-state index contributed by atoms with van der Waals surface area (Å²) in [5, 5.41) is 1.95. The Kier molecular flexibility index (Phi) is 3.84. The summed E-state index contributed by atoms with van der Waals surface area (Å²) in [7, 11) is 0. The normalized spacial score (nSPS) is 13.8. The van der Waals surface area contributed by atoms with E-state index < -0.39 is 0 Å². The van der Waals surface area contributed by atoms with Gasteiger partial charge < -0.3 is 0 Å². The molecule has 0 aliphatic heterocycles. The van der Waals surface area contributed by atoms with Crippen molar-refractivity contribution >= 4 is 34.1 Å². The van der Waals surface area contributed by atoms with Gasteiger partial charge in [0.1, 0.15) is 0 Å². The zero-order valence-electron chi connectivity index (χ0n) is 10.9. The number of hydrogen-bond acceptors (Lipinski definition) is 1. The number of halogens is 2. The molecule has 1 unspecified atom stereocenters. The van der Waals surface area contributed by atoms with Gasteiger partial charge in [-0.15, -0.1) is 11.6 Å². The molecule has 0 amide bonds. The van der Waals surface area contributed by atoms with Crippen LogP contribution in [0.1, 0.15) is 26.3 Å². The molecule has 0 radical (unpaired) electrons. The van der Waals surface area contributed by atoms with Crippen molar-refractivity contribution in [2.75, 3.05) is 0 Å². The number of nitrogens with zero attached hydrogens (tertiary/aromatic N) is 1. The average molecular weight is 282 g/mol. The second-order valence-corrected chi connectivity index (χ2v) is 6.63. The molecule has 96 valence electrons. The number of fused-ring (bicyclic) bond motifs is 1. The largest absolute Gasteiger partial charge is 0.256 e. The number of pyridine rings is 1. The van der Waals surface area contributed by atoms with Crippen molar-refractivity contribution in [2.45, 2.75) is 32.6 Å². The van der Waals surface area contributed by atoms with Crippen molar-refractivity contribution in [3.8, 4) is 0 Å². The van der Waals surface area contributed by atoms with Crippen molar-refractivity contribution in [3.63, 3.8) is 0 Å². The highest BCUT2D eigenvalue weighted by Crippen LogP contribution is 2.30. The highest BCUT2D eigenvalue weighted by molar-refractivity contribution is 6.31. The Morgan fingerprint density at radius 1 is 1.22 bits per heavy atom. The van der Waals surface area contributed by atoms with Gasteiger partial charge in [0, 0.05) is 22.0 Å². The summed E-state index contributed by atoms with van der Waals surface area (Å²) in [5.74, 6) is 0. The van der Waals surface area contributed by atoms with Crippen LogP contribution in [0.25, 0.3) is 10.9 Å². The highest BCUT2D eigenvalue weighted by Gasteiger charge is 2.23. The van der Waals surface area contributed by atoms with Crippen molar-refractivity contribution in [1.82, 2.24) is 4.98 Å². The third kappa shape index (κ3) is 2.96. The maximum absolute atomic E-state index is 6.48. The Morgan fingerprint density at radius 2 is 1.94 bits per heavy atom. The molecule has 0 bridgehead atoms. The quantitative estimate of drug-likeness (QED) is 0.699. The SMILES string of the molecule is CC(C)(C)C(Cl)Cc1ccnc2cc(Cl)ccc12. The molecule has 2 aromatic rings. The zero-order chi connectivity index (χ0) is 13.3. The van der Waals surface area contributed by atoms with E-state index in [1.807, 2.05) is 30.5 Å². The van der Waals surface area contributed by atoms with E-state index in [4.69, 9.17) is 23.2 Å². The van der Waals surface area contributed by atoms with E-state index >= 15 is 0 Å². The second kappa shape index (κ2) is 5.07. The summed E-state index contributed by atoms with van der Waals surface area (Å²) in [6.45, 7) is 6.47. The van der Waals surface area contributed by atoms with Crippen LogP contribution in [0.2, 0.25) is 5.02 Å². The molecule has 0 saturated heterocycles. The smallest absolute Gasteiger partial charge is 0.0719 e. The topological polar surface area (TPSA) is 12.9 Å². The predicted molar refractivity (Wildman–Crippen MR) is 79.6 cm³/mol. The Bertz CT molecular complexity index is 558. The molecule has 0 N–H and O–H groups in total. The second-order valence-electron chi connectivity index (χ2n) is 5.67. The summed E-state index contributed by atoms with van der Waals surface area (Å²) in [5.41, 5.74) is 2.24. The molecule has 0 fully saturated rings. The van der Waals surface area contributed by atoms with Crippen molar-refractivity contribution in [2.24, 2.45) is 5.41 Å². The van der Waals surface area contributed by atoms with E-state index in [1.54, 1.807) is 0 Å². The zero-order valence-corrected chi connectivity index (χ0v) is 12.4. The van der Waals surface area contributed by atoms with Gasteiger partial charge >= 0.3 is 0 Å². The van der Waals surface area contributed by atoms with Crippen LogP contribution >= 0.6 is 23.2 Å². The monoisotopic (exact) mass is 281 g/mol. The standard InChI is InChI=1S/C15H17Cl2N/c1-15(2,3)14(17)8-10-6-7-18-13-9-11(16)4-5-12(10)13/h4-7,9,14H,8H2,1-3H3. The summed E-state index contributed by atoms with van der Waals surface area (Å²) in [6, 6.07) is 7.85. The summed E-state index contributed by atoms with van der Waals surface area (Å²) in [4.78, 5) is 4.34. The molecule has 0 spiro atoms. The minimum atomic E-state index is 0.0869. The lowest BCUT2D eigenvalue weighted by Gasteiger charge is -2.25. The van der Waals surface area contributed by atoms with E-state index in [0.29, 0.717) is 5.02 Å². The first-order valence-corrected chi connectivity index (χ1v) is 6.86. The Labute approximate surface area is 118 Å². The fourth-order valence-electron chi connectivity index (χ4n) is 1.86. The number of aromatic nitrogens is 1. The van der Waals surface area contributed by atoms with Crippen LogP contribution in [0.15, 0.2) is 30.5 Å². The first-order valence-electron chi connectivity index (χ1n) is 6.05. The molecule has 1 nitrogen and oxygen atoms in total. The van der Waals surface area contributed by atoms with Crippen LogP contribution in [0.4, 0.5) is 0 Å². The van der Waals surface area contributed by atoms with Gasteiger partial charge in [0.2, 0.25) is 0 Å². The molecule has 2 rings (SSSR count). The summed E-state index contributed by atoms with van der Waals surface area (Å²) < 4.78 is 0. The van der Waals surface area contributed by atoms with E-state index in [1.165, 1.54) is 5.56 Å². The maximum Gasteiger partial charge on any atom is 0.0719 e. The molecule has 1 heterocycles. The van der Waals surface area contributed by atoms with Crippen LogP contribution in [-0.2, 0) is 6.42 Å². The van der Waals surface area contributed by atoms with E-state index in [0.717, 1.165) is 17.3 Å². The van der Waals surface area contributed by atoms with Gasteiger partial charge in [-0.3, -0.25) is 4.98 Å². The van der Waals surface area contributed by atoms with Crippen molar-refractivity contribution in [1.29, 1.82) is 0 Å². The van der Waals surface area contributed by atoms with Crippen LogP contribution in [0.3, 0.4) is 0 Å². The van der Waals surface area contributed by atoms with Gasteiger partial charge in [0.25, 0.3) is 0 Å². The lowest BCUT2D eigenvalue weighted by atomic mass is 9.87. The fraction of sp³-hybridized carbons (Fsp3) is 0.400. The molecular formula is C15H17Cl2N. The minimum Gasteiger partial charge on any atom is -0.256 e. The molecule has 1 aromatic heterocycles. The van der Waals surface area contributed by atoms with Crippen molar-refractivity contribution < 1.29 is 0 Å². The van der Waals surface area contributed by atoms with Gasteiger partial charge in [0.15, 0.2) is 0 Å². The van der Waals surface area contributed by atoms with Crippen LogP contribution in [0, 0.1) is 5.41 Å². The first kappa shape index (κ1) is 13.6. The molecule has 18 heavy (non-hydrogen) atoms. The predicted octanol–water partition coefficient (Wildman–Crippen LogP) is 5.08. The lowest BCUT2D eigenvalue weighted by Crippen LogP contribution is -2.23. The highest BCUT2D eigenvalue weighted by atomic mass is 35.5. The van der Waals surface area contributed by atoms with Gasteiger partial charge in [-0.25, -0.2) is 0 Å². The van der Waals surface area contributed by atoms with Crippen LogP contribution in [-0.4, -0.2) is 10.4 Å². The molecule has 0 aliphatic carbocycles. The van der Waals surface area contributed by atoms with Crippen LogP contribution < -0.4 is 0 Å². The molecule has 1 aromatic carbocycles. The number of hydrogen-bond donors (Lipinski definition) is 0.